The first-order valence-corrected chi connectivity index (χ1v) is 11.2. The van der Waals surface area contributed by atoms with Crippen LogP contribution in [0.15, 0.2) is 42.6 Å². The summed E-state index contributed by atoms with van der Waals surface area (Å²) in [6.45, 7) is 0.0339. The van der Waals surface area contributed by atoms with Crippen LogP contribution >= 0.6 is 11.6 Å². The zero-order chi connectivity index (χ0) is 21.7. The third-order valence-corrected chi connectivity index (χ3v) is 5.81. The Morgan fingerprint density at radius 3 is 2.67 bits per heavy atom. The first kappa shape index (κ1) is 20.5. The number of nitrogens with zero attached hydrogens (tertiary/aromatic N) is 2. The summed E-state index contributed by atoms with van der Waals surface area (Å²) in [5.74, 6) is 0.0438. The van der Waals surface area contributed by atoms with Gasteiger partial charge in [0.2, 0.25) is 5.95 Å². The highest BCUT2D eigenvalue weighted by atomic mass is 35.5. The molecule has 0 fully saturated rings. The van der Waals surface area contributed by atoms with Gasteiger partial charge in [0.25, 0.3) is 0 Å². The topological polar surface area (TPSA) is 79.8 Å². The maximum absolute atomic E-state index is 13.1. The number of alkyl halides is 3. The highest BCUT2D eigenvalue weighted by Crippen LogP contribution is 2.34. The number of aryl methyl sites for hydroxylation is 1. The molecular formula is C19H16ClF3N4O2S. The molecule has 0 aliphatic heterocycles. The fraction of sp³-hybridized carbons (Fsp3) is 0.211. The van der Waals surface area contributed by atoms with Gasteiger partial charge in [-0.25, -0.2) is 13.4 Å². The molecule has 0 amide bonds. The number of nitrogens with one attached hydrogen (secondary N) is 2. The number of hydrogen-bond acceptors (Lipinski definition) is 4. The van der Waals surface area contributed by atoms with E-state index in [4.69, 9.17) is 11.6 Å². The number of H-pyrrole nitrogens is 1. The lowest BCUT2D eigenvalue weighted by Crippen LogP contribution is -2.13. The van der Waals surface area contributed by atoms with Crippen LogP contribution in [-0.4, -0.2) is 35.0 Å². The van der Waals surface area contributed by atoms with Gasteiger partial charge in [-0.1, -0.05) is 11.6 Å². The molecule has 0 atom stereocenters. The van der Waals surface area contributed by atoms with Crippen LogP contribution in [0.2, 0.25) is 5.02 Å². The van der Waals surface area contributed by atoms with Crippen LogP contribution in [0.1, 0.15) is 5.56 Å². The van der Waals surface area contributed by atoms with Gasteiger partial charge in [0, 0.05) is 34.9 Å². The lowest BCUT2D eigenvalue weighted by molar-refractivity contribution is -0.137. The first-order chi connectivity index (χ1) is 14.0. The molecule has 0 spiro atoms. The van der Waals surface area contributed by atoms with Crippen molar-refractivity contribution in [3.05, 3.63) is 53.2 Å². The van der Waals surface area contributed by atoms with Crippen molar-refractivity contribution in [2.24, 2.45) is 0 Å². The Morgan fingerprint density at radius 1 is 1.20 bits per heavy atom. The van der Waals surface area contributed by atoms with Crippen molar-refractivity contribution in [1.82, 2.24) is 14.5 Å². The monoisotopic (exact) mass is 456 g/mol. The normalized spacial score (nSPS) is 12.7. The van der Waals surface area contributed by atoms with Crippen molar-refractivity contribution in [2.45, 2.75) is 12.7 Å². The van der Waals surface area contributed by atoms with Crippen LogP contribution in [0.25, 0.3) is 21.9 Å². The quantitative estimate of drug-likeness (QED) is 0.444. The standard InChI is InChI=1S/C19H16ClF3N4O2S/c1-30(28,29)7-6-27-17-5-2-11(19(21,22)23)8-15(17)25-18(27)26-16-10-24-14-4-3-12(20)9-13(14)16/h2-5,8-10,24H,6-7H2,1H3,(H,25,26). The van der Waals surface area contributed by atoms with E-state index >= 15 is 0 Å². The number of fused-ring (bicyclic) bond motifs is 2. The van der Waals surface area contributed by atoms with Crippen LogP contribution in [0.5, 0.6) is 0 Å². The number of benzene rings is 2. The predicted molar refractivity (Wildman–Crippen MR) is 111 cm³/mol. The number of aromatic nitrogens is 3. The Balaban J connectivity index is 1.82. The van der Waals surface area contributed by atoms with E-state index in [2.05, 4.69) is 15.3 Å². The lowest BCUT2D eigenvalue weighted by Gasteiger charge is -2.10. The molecule has 2 aromatic heterocycles. The van der Waals surface area contributed by atoms with E-state index in [1.54, 1.807) is 29.0 Å². The minimum atomic E-state index is -4.51. The van der Waals surface area contributed by atoms with Crippen LogP contribution < -0.4 is 5.32 Å². The first-order valence-electron chi connectivity index (χ1n) is 8.80. The molecule has 6 nitrogen and oxygen atoms in total. The third-order valence-electron chi connectivity index (χ3n) is 4.65. The van der Waals surface area contributed by atoms with Gasteiger partial charge in [-0.3, -0.25) is 0 Å². The number of halogens is 4. The molecule has 0 saturated heterocycles. The zero-order valence-corrected chi connectivity index (χ0v) is 17.2. The Bertz CT molecular complexity index is 1360. The second kappa shape index (κ2) is 7.21. The minimum absolute atomic E-state index is 0.0339. The van der Waals surface area contributed by atoms with Crippen LogP contribution in [0.4, 0.5) is 24.8 Å². The second-order valence-corrected chi connectivity index (χ2v) is 9.63. The minimum Gasteiger partial charge on any atom is -0.359 e. The molecule has 0 saturated carbocycles. The van der Waals surface area contributed by atoms with E-state index in [1.165, 1.54) is 6.07 Å². The SMILES string of the molecule is CS(=O)(=O)CCn1c(Nc2c[nH]c3ccc(Cl)cc23)nc2cc(C(F)(F)F)ccc21. The molecule has 158 valence electrons. The third kappa shape index (κ3) is 4.10. The molecule has 11 heteroatoms. The molecule has 4 aromatic rings. The number of imidazole rings is 1. The van der Waals surface area contributed by atoms with Crippen molar-refractivity contribution in [2.75, 3.05) is 17.3 Å². The van der Waals surface area contributed by atoms with Gasteiger partial charge in [0.15, 0.2) is 0 Å². The second-order valence-electron chi connectivity index (χ2n) is 6.94. The van der Waals surface area contributed by atoms with Crippen molar-refractivity contribution >= 4 is 55.0 Å². The lowest BCUT2D eigenvalue weighted by atomic mass is 10.2. The molecule has 0 bridgehead atoms. The molecule has 30 heavy (non-hydrogen) atoms. The highest BCUT2D eigenvalue weighted by molar-refractivity contribution is 7.90. The summed E-state index contributed by atoms with van der Waals surface area (Å²) in [7, 11) is -3.30. The number of sulfone groups is 1. The number of hydrogen-bond donors (Lipinski definition) is 2. The average Bonchev–Trinajstić information content (AvgIpc) is 3.19. The van der Waals surface area contributed by atoms with Crippen molar-refractivity contribution in [3.63, 3.8) is 0 Å². The molecular weight excluding hydrogens is 441 g/mol. The predicted octanol–water partition coefficient (Wildman–Crippen LogP) is 4.98. The van der Waals surface area contributed by atoms with Gasteiger partial charge < -0.3 is 14.9 Å². The highest BCUT2D eigenvalue weighted by Gasteiger charge is 2.31. The Labute approximate surface area is 174 Å². The van der Waals surface area contributed by atoms with Crippen molar-refractivity contribution < 1.29 is 21.6 Å². The molecule has 4 rings (SSSR count). The molecule has 0 radical (unpaired) electrons. The summed E-state index contributed by atoms with van der Waals surface area (Å²) in [5, 5.41) is 4.38. The fourth-order valence-corrected chi connectivity index (χ4v) is 3.89. The van der Waals surface area contributed by atoms with Crippen LogP contribution in [0, 0.1) is 0 Å². The average molecular weight is 457 g/mol. The van der Waals surface area contributed by atoms with Gasteiger partial charge in [-0.15, -0.1) is 0 Å². The van der Waals surface area contributed by atoms with Gasteiger partial charge in [0.1, 0.15) is 9.84 Å². The van der Waals surface area contributed by atoms with Gasteiger partial charge in [-0.2, -0.15) is 13.2 Å². The number of anilines is 2. The van der Waals surface area contributed by atoms with E-state index in [0.29, 0.717) is 16.2 Å². The summed E-state index contributed by atoms with van der Waals surface area (Å²) in [6.07, 6.45) is -1.73. The van der Waals surface area contributed by atoms with Gasteiger partial charge >= 0.3 is 6.18 Å². The Kier molecular flexibility index (Phi) is 4.94. The maximum Gasteiger partial charge on any atom is 0.416 e. The maximum atomic E-state index is 13.1. The number of aromatic amines is 1. The van der Waals surface area contributed by atoms with E-state index in [9.17, 15) is 21.6 Å². The van der Waals surface area contributed by atoms with E-state index in [1.807, 2.05) is 0 Å². The molecule has 0 unspecified atom stereocenters. The Hall–Kier alpha value is -2.72. The molecule has 2 heterocycles. The summed E-state index contributed by atoms with van der Waals surface area (Å²) in [6, 6.07) is 8.46. The zero-order valence-electron chi connectivity index (χ0n) is 15.6. The Morgan fingerprint density at radius 2 is 1.97 bits per heavy atom. The smallest absolute Gasteiger partial charge is 0.359 e. The fourth-order valence-electron chi connectivity index (χ4n) is 3.20. The molecule has 0 aliphatic rings. The van der Waals surface area contributed by atoms with Crippen LogP contribution in [-0.2, 0) is 22.6 Å². The number of rotatable bonds is 5. The summed E-state index contributed by atoms with van der Waals surface area (Å²) >= 11 is 6.07. The molecule has 2 aromatic carbocycles. The molecule has 0 aliphatic carbocycles. The van der Waals surface area contributed by atoms with Crippen molar-refractivity contribution in [3.8, 4) is 0 Å². The van der Waals surface area contributed by atoms with Crippen LogP contribution in [0.3, 0.4) is 0 Å². The van der Waals surface area contributed by atoms with Gasteiger partial charge in [0.05, 0.1) is 28.0 Å². The van der Waals surface area contributed by atoms with Gasteiger partial charge in [-0.05, 0) is 36.4 Å². The summed E-state index contributed by atoms with van der Waals surface area (Å²) < 4.78 is 64.2. The molecule has 2 N–H and O–H groups in total. The van der Waals surface area contributed by atoms with Crippen molar-refractivity contribution in [1.29, 1.82) is 0 Å². The summed E-state index contributed by atoms with van der Waals surface area (Å²) in [4.78, 5) is 7.37. The largest absolute Gasteiger partial charge is 0.416 e. The van der Waals surface area contributed by atoms with E-state index in [0.717, 1.165) is 29.3 Å². The van der Waals surface area contributed by atoms with E-state index < -0.39 is 21.6 Å². The van der Waals surface area contributed by atoms with E-state index in [-0.39, 0.29) is 23.8 Å². The summed E-state index contributed by atoms with van der Waals surface area (Å²) in [5.41, 5.74) is 1.10.